The van der Waals surface area contributed by atoms with Gasteiger partial charge in [-0.3, -0.25) is 14.9 Å². The molecule has 1 amide bonds. The number of rotatable bonds is 9. The molecule has 3 N–H and O–H groups in total. The van der Waals surface area contributed by atoms with E-state index in [1.807, 2.05) is 38.1 Å². The molecule has 7 nitrogen and oxygen atoms in total. The largest absolute Gasteiger partial charge is 0.508 e. The Hall–Kier alpha value is -3.06. The van der Waals surface area contributed by atoms with Crippen LogP contribution < -0.4 is 5.32 Å². The van der Waals surface area contributed by atoms with Crippen LogP contribution in [0.2, 0.25) is 0 Å². The summed E-state index contributed by atoms with van der Waals surface area (Å²) < 4.78 is 5.89. The van der Waals surface area contributed by atoms with E-state index in [1.165, 1.54) is 6.07 Å². The number of benzene rings is 2. The first kappa shape index (κ1) is 27.0. The van der Waals surface area contributed by atoms with Crippen molar-refractivity contribution in [2.24, 2.45) is 0 Å². The number of phenolic OH excluding ortho intramolecular Hbond substituents is 2. The van der Waals surface area contributed by atoms with Gasteiger partial charge in [0.2, 0.25) is 0 Å². The van der Waals surface area contributed by atoms with E-state index in [4.69, 9.17) is 4.74 Å². The van der Waals surface area contributed by atoms with Crippen molar-refractivity contribution in [3.05, 3.63) is 58.7 Å². The fraction of sp³-hybridized carbons (Fsp3) is 0.533. The van der Waals surface area contributed by atoms with E-state index in [1.54, 1.807) is 18.0 Å². The highest BCUT2D eigenvalue weighted by atomic mass is 16.5. The Bertz CT molecular complexity index is 1120. The summed E-state index contributed by atoms with van der Waals surface area (Å²) in [7, 11) is 1.70. The highest BCUT2D eigenvalue weighted by Gasteiger charge is 2.43. The van der Waals surface area contributed by atoms with Crippen LogP contribution in [0.15, 0.2) is 36.4 Å². The average molecular weight is 509 g/mol. The Morgan fingerprint density at radius 1 is 1.03 bits per heavy atom. The second-order valence-electron chi connectivity index (χ2n) is 11.0. The molecule has 2 saturated carbocycles. The molecule has 0 saturated heterocycles. The van der Waals surface area contributed by atoms with Crippen molar-refractivity contribution >= 4 is 11.9 Å². The molecule has 0 heterocycles. The second-order valence-corrected chi connectivity index (χ2v) is 11.0. The van der Waals surface area contributed by atoms with Gasteiger partial charge in [0.15, 0.2) is 0 Å². The molecule has 2 fully saturated rings. The number of phenols is 2. The number of nitrogens with one attached hydrogen (secondary N) is 1. The highest BCUT2D eigenvalue weighted by molar-refractivity contribution is 5.97. The maximum absolute atomic E-state index is 13.1. The fourth-order valence-electron chi connectivity index (χ4n) is 5.59. The molecule has 0 aromatic heterocycles. The molecule has 2 aromatic carbocycles. The van der Waals surface area contributed by atoms with Crippen LogP contribution in [0.25, 0.3) is 0 Å². The Labute approximate surface area is 219 Å². The molecular formula is C30H40N2O5. The molecule has 200 valence electrons. The average Bonchev–Trinajstić information content (AvgIpc) is 3.55. The molecule has 7 heteroatoms. The maximum Gasteiger partial charge on any atom is 0.326 e. The summed E-state index contributed by atoms with van der Waals surface area (Å²) >= 11 is 0. The van der Waals surface area contributed by atoms with Crippen molar-refractivity contribution in [1.29, 1.82) is 0 Å². The van der Waals surface area contributed by atoms with E-state index in [-0.39, 0.29) is 41.0 Å². The van der Waals surface area contributed by atoms with Crippen LogP contribution in [0.4, 0.5) is 0 Å². The van der Waals surface area contributed by atoms with Crippen molar-refractivity contribution in [2.45, 2.75) is 95.9 Å². The first-order valence-corrected chi connectivity index (χ1v) is 13.5. The highest BCUT2D eigenvalue weighted by Crippen LogP contribution is 2.34. The van der Waals surface area contributed by atoms with Crippen molar-refractivity contribution < 1.29 is 24.5 Å². The van der Waals surface area contributed by atoms with Gasteiger partial charge in [0.1, 0.15) is 23.1 Å². The number of aromatic hydroxyl groups is 2. The number of ether oxygens (including phenoxy) is 1. The van der Waals surface area contributed by atoms with Crippen molar-refractivity contribution in [2.75, 3.05) is 7.05 Å². The van der Waals surface area contributed by atoms with E-state index in [2.05, 4.69) is 5.32 Å². The van der Waals surface area contributed by atoms with Crippen molar-refractivity contribution in [3.63, 3.8) is 0 Å². The molecule has 0 spiro atoms. The molecule has 2 aliphatic rings. The van der Waals surface area contributed by atoms with Crippen molar-refractivity contribution in [3.8, 4) is 11.5 Å². The minimum Gasteiger partial charge on any atom is -0.508 e. The maximum atomic E-state index is 13.1. The third-order valence-corrected chi connectivity index (χ3v) is 7.81. The van der Waals surface area contributed by atoms with Gasteiger partial charge in [0.25, 0.3) is 5.91 Å². The van der Waals surface area contributed by atoms with E-state index in [0.717, 1.165) is 62.5 Å². The van der Waals surface area contributed by atoms with E-state index < -0.39 is 5.54 Å². The molecule has 0 atom stereocenters. The molecule has 0 unspecified atom stereocenters. The Morgan fingerprint density at radius 2 is 1.70 bits per heavy atom. The predicted molar refractivity (Wildman–Crippen MR) is 142 cm³/mol. The van der Waals surface area contributed by atoms with E-state index >= 15 is 0 Å². The summed E-state index contributed by atoms with van der Waals surface area (Å²) in [5.74, 6) is -0.655. The summed E-state index contributed by atoms with van der Waals surface area (Å²) in [5, 5.41) is 23.9. The van der Waals surface area contributed by atoms with Gasteiger partial charge in [0.05, 0.1) is 5.56 Å². The van der Waals surface area contributed by atoms with Crippen LogP contribution in [-0.2, 0) is 22.6 Å². The normalized spacial score (nSPS) is 17.3. The molecule has 0 radical (unpaired) electrons. The number of nitrogens with zero attached hydrogens (tertiary/aromatic N) is 1. The van der Waals surface area contributed by atoms with Gasteiger partial charge in [-0.05, 0) is 67.2 Å². The zero-order chi connectivity index (χ0) is 26.6. The summed E-state index contributed by atoms with van der Waals surface area (Å²) in [6.07, 6.45) is 7.89. The lowest BCUT2D eigenvalue weighted by molar-refractivity contribution is -0.157. The van der Waals surface area contributed by atoms with Crippen LogP contribution in [0.5, 0.6) is 11.5 Å². The van der Waals surface area contributed by atoms with Gasteiger partial charge < -0.3 is 19.8 Å². The zero-order valence-corrected chi connectivity index (χ0v) is 22.3. The van der Waals surface area contributed by atoms with Crippen LogP contribution in [0.3, 0.4) is 0 Å². The number of carbonyl (C=O) groups is 2. The molecular weight excluding hydrogens is 468 g/mol. The van der Waals surface area contributed by atoms with Gasteiger partial charge in [-0.2, -0.15) is 0 Å². The van der Waals surface area contributed by atoms with Crippen LogP contribution in [0, 0.1) is 0 Å². The minimum atomic E-state index is -0.615. The smallest absolute Gasteiger partial charge is 0.326 e. The topological polar surface area (TPSA) is 99.1 Å². The van der Waals surface area contributed by atoms with Gasteiger partial charge in [-0.25, -0.2) is 0 Å². The van der Waals surface area contributed by atoms with Gasteiger partial charge in [-0.1, -0.05) is 51.0 Å². The van der Waals surface area contributed by atoms with Gasteiger partial charge in [-0.15, -0.1) is 0 Å². The lowest BCUT2D eigenvalue weighted by Crippen LogP contribution is -2.51. The molecule has 37 heavy (non-hydrogen) atoms. The van der Waals surface area contributed by atoms with Crippen LogP contribution in [0.1, 0.15) is 98.2 Å². The molecule has 4 rings (SSSR count). The van der Waals surface area contributed by atoms with Crippen LogP contribution in [-0.4, -0.2) is 45.7 Å². The monoisotopic (exact) mass is 508 g/mol. The van der Waals surface area contributed by atoms with Crippen molar-refractivity contribution in [1.82, 2.24) is 10.2 Å². The number of amides is 1. The Balaban J connectivity index is 1.41. The first-order valence-electron chi connectivity index (χ1n) is 13.5. The number of carbonyl (C=O) groups excluding carboxylic acids is 2. The summed E-state index contributed by atoms with van der Waals surface area (Å²) in [6, 6.07) is 10.8. The third kappa shape index (κ3) is 6.27. The molecule has 0 aliphatic heterocycles. The predicted octanol–water partition coefficient (Wildman–Crippen LogP) is 5.38. The summed E-state index contributed by atoms with van der Waals surface area (Å²) in [5.41, 5.74) is 2.16. The van der Waals surface area contributed by atoms with Gasteiger partial charge in [0, 0.05) is 26.2 Å². The SMILES string of the molecule is CC(C)c1cc(C(=O)N(C)Cc2cccc(CNC3(C(=O)OC4CCCC4)CCCC3)c2)c(O)cc1O. The quantitative estimate of drug-likeness (QED) is 0.393. The zero-order valence-electron chi connectivity index (χ0n) is 22.3. The number of hydrogen-bond acceptors (Lipinski definition) is 6. The molecule has 2 aromatic rings. The Morgan fingerprint density at radius 3 is 2.38 bits per heavy atom. The fourth-order valence-corrected chi connectivity index (χ4v) is 5.59. The second kappa shape index (κ2) is 11.5. The van der Waals surface area contributed by atoms with Gasteiger partial charge >= 0.3 is 5.97 Å². The summed E-state index contributed by atoms with van der Waals surface area (Å²) in [4.78, 5) is 27.8. The summed E-state index contributed by atoms with van der Waals surface area (Å²) in [6.45, 7) is 4.75. The third-order valence-electron chi connectivity index (χ3n) is 7.81. The van der Waals surface area contributed by atoms with E-state index in [0.29, 0.717) is 18.7 Å². The minimum absolute atomic E-state index is 0.0141. The number of esters is 1. The first-order chi connectivity index (χ1) is 17.7. The standard InChI is InChI=1S/C30H40N2O5/c1-20(2)24-16-25(27(34)17-26(24)33)28(35)32(3)19-22-10-8-9-21(15-22)18-31-30(13-6-7-14-30)29(36)37-23-11-4-5-12-23/h8-10,15-17,20,23,31,33-34H,4-7,11-14,18-19H2,1-3H3. The Kier molecular flexibility index (Phi) is 8.42. The lowest BCUT2D eigenvalue weighted by Gasteiger charge is -2.30. The lowest BCUT2D eigenvalue weighted by atomic mass is 9.96. The number of hydrogen-bond donors (Lipinski definition) is 3. The molecule has 0 bridgehead atoms. The van der Waals surface area contributed by atoms with E-state index in [9.17, 15) is 19.8 Å². The molecule has 2 aliphatic carbocycles. The van der Waals surface area contributed by atoms with Crippen LogP contribution >= 0.6 is 0 Å².